The Morgan fingerprint density at radius 1 is 1.44 bits per heavy atom. The Morgan fingerprint density at radius 3 is 2.94 bits per heavy atom. The van der Waals surface area contributed by atoms with Gasteiger partial charge < -0.3 is 9.47 Å². The molecule has 0 radical (unpaired) electrons. The lowest BCUT2D eigenvalue weighted by Gasteiger charge is -2.11. The first-order valence-corrected chi connectivity index (χ1v) is 5.77. The van der Waals surface area contributed by atoms with E-state index in [2.05, 4.69) is 21.0 Å². The SMILES string of the molecule is COC(C)OCn1nc(Br)c2ccccc21. The molecule has 0 N–H and O–H groups in total. The fourth-order valence-electron chi connectivity index (χ4n) is 1.43. The molecule has 0 aliphatic carbocycles. The predicted octanol–water partition coefficient (Wildman–Crippen LogP) is 2.77. The lowest BCUT2D eigenvalue weighted by molar-refractivity contribution is -0.135. The quantitative estimate of drug-likeness (QED) is 0.810. The van der Waals surface area contributed by atoms with E-state index >= 15 is 0 Å². The molecule has 0 fully saturated rings. The van der Waals surface area contributed by atoms with Crippen LogP contribution in [0.15, 0.2) is 28.9 Å². The number of fused-ring (bicyclic) bond motifs is 1. The summed E-state index contributed by atoms with van der Waals surface area (Å²) in [7, 11) is 1.61. The van der Waals surface area contributed by atoms with Crippen LogP contribution in [0.4, 0.5) is 0 Å². The Hall–Kier alpha value is -0.910. The largest absolute Gasteiger partial charge is 0.356 e. The standard InChI is InChI=1S/C11H13BrN2O2/c1-8(15-2)16-7-14-10-6-4-3-5-9(10)11(12)13-14/h3-6,8H,7H2,1-2H3. The van der Waals surface area contributed by atoms with Crippen molar-refractivity contribution < 1.29 is 9.47 Å². The molecule has 2 aromatic rings. The van der Waals surface area contributed by atoms with Crippen LogP contribution >= 0.6 is 15.9 Å². The number of hydrogen-bond acceptors (Lipinski definition) is 3. The van der Waals surface area contributed by atoms with Crippen molar-refractivity contribution in [1.82, 2.24) is 9.78 Å². The van der Waals surface area contributed by atoms with Crippen molar-refractivity contribution in [3.63, 3.8) is 0 Å². The summed E-state index contributed by atoms with van der Waals surface area (Å²) >= 11 is 3.42. The van der Waals surface area contributed by atoms with E-state index in [0.717, 1.165) is 15.5 Å². The average Bonchev–Trinajstić information content (AvgIpc) is 2.64. The summed E-state index contributed by atoms with van der Waals surface area (Å²) < 4.78 is 13.1. The molecule has 2 rings (SSSR count). The van der Waals surface area contributed by atoms with Crippen molar-refractivity contribution in [1.29, 1.82) is 0 Å². The molecule has 5 heteroatoms. The molecule has 0 amide bonds. The normalized spacial score (nSPS) is 13.2. The number of benzene rings is 1. The second kappa shape index (κ2) is 4.95. The van der Waals surface area contributed by atoms with Crippen LogP contribution in [0.3, 0.4) is 0 Å². The van der Waals surface area contributed by atoms with Gasteiger partial charge in [-0.05, 0) is 28.9 Å². The van der Waals surface area contributed by atoms with Gasteiger partial charge in [-0.2, -0.15) is 5.10 Å². The molecule has 0 spiro atoms. The maximum absolute atomic E-state index is 5.46. The summed E-state index contributed by atoms with van der Waals surface area (Å²) in [5.74, 6) is 0. The molecule has 0 bridgehead atoms. The number of para-hydroxylation sites is 1. The zero-order chi connectivity index (χ0) is 11.5. The van der Waals surface area contributed by atoms with Crippen molar-refractivity contribution in [3.8, 4) is 0 Å². The van der Waals surface area contributed by atoms with Gasteiger partial charge in [-0.25, -0.2) is 4.68 Å². The van der Waals surface area contributed by atoms with E-state index in [1.54, 1.807) is 11.8 Å². The van der Waals surface area contributed by atoms with Gasteiger partial charge >= 0.3 is 0 Å². The van der Waals surface area contributed by atoms with Crippen molar-refractivity contribution >= 4 is 26.8 Å². The summed E-state index contributed by atoms with van der Waals surface area (Å²) in [6, 6.07) is 7.99. The number of methoxy groups -OCH3 is 1. The molecule has 4 nitrogen and oxygen atoms in total. The number of rotatable bonds is 4. The second-order valence-corrected chi connectivity index (χ2v) is 4.16. The molecule has 0 saturated carbocycles. The predicted molar refractivity (Wildman–Crippen MR) is 65.0 cm³/mol. The van der Waals surface area contributed by atoms with Gasteiger partial charge in [0.15, 0.2) is 6.29 Å². The molecular formula is C11H13BrN2O2. The molecular weight excluding hydrogens is 272 g/mol. The topological polar surface area (TPSA) is 36.3 Å². The minimum atomic E-state index is -0.235. The molecule has 1 heterocycles. The van der Waals surface area contributed by atoms with E-state index < -0.39 is 0 Å². The van der Waals surface area contributed by atoms with Crippen molar-refractivity contribution in [2.75, 3.05) is 7.11 Å². The van der Waals surface area contributed by atoms with Gasteiger partial charge in [0.1, 0.15) is 11.3 Å². The smallest absolute Gasteiger partial charge is 0.156 e. The molecule has 1 aromatic heterocycles. The first-order chi connectivity index (χ1) is 7.72. The van der Waals surface area contributed by atoms with E-state index in [4.69, 9.17) is 9.47 Å². The monoisotopic (exact) mass is 284 g/mol. The van der Waals surface area contributed by atoms with E-state index in [1.807, 2.05) is 31.2 Å². The highest BCUT2D eigenvalue weighted by molar-refractivity contribution is 9.10. The fraction of sp³-hybridized carbons (Fsp3) is 0.364. The number of nitrogens with zero attached hydrogens (tertiary/aromatic N) is 2. The van der Waals surface area contributed by atoms with Crippen LogP contribution < -0.4 is 0 Å². The third-order valence-electron chi connectivity index (χ3n) is 2.38. The maximum Gasteiger partial charge on any atom is 0.156 e. The molecule has 16 heavy (non-hydrogen) atoms. The molecule has 1 aromatic carbocycles. The third kappa shape index (κ3) is 2.26. The van der Waals surface area contributed by atoms with E-state index in [-0.39, 0.29) is 6.29 Å². The number of hydrogen-bond donors (Lipinski definition) is 0. The Kier molecular flexibility index (Phi) is 3.58. The lowest BCUT2D eigenvalue weighted by Crippen LogP contribution is -2.14. The Labute approximate surface area is 102 Å². The Balaban J connectivity index is 2.24. The number of halogens is 1. The fourth-order valence-corrected chi connectivity index (χ4v) is 1.96. The van der Waals surface area contributed by atoms with Crippen LogP contribution in [-0.4, -0.2) is 23.2 Å². The lowest BCUT2D eigenvalue weighted by atomic mass is 10.3. The van der Waals surface area contributed by atoms with Crippen LogP contribution in [-0.2, 0) is 16.2 Å². The molecule has 0 saturated heterocycles. The van der Waals surface area contributed by atoms with E-state index in [1.165, 1.54) is 0 Å². The summed E-state index contributed by atoms with van der Waals surface area (Å²) in [6.07, 6.45) is -0.235. The number of ether oxygens (including phenoxy) is 2. The highest BCUT2D eigenvalue weighted by Crippen LogP contribution is 2.22. The molecule has 0 aliphatic rings. The zero-order valence-electron chi connectivity index (χ0n) is 9.18. The van der Waals surface area contributed by atoms with Crippen LogP contribution in [0.1, 0.15) is 6.92 Å². The van der Waals surface area contributed by atoms with Gasteiger partial charge in [0.25, 0.3) is 0 Å². The van der Waals surface area contributed by atoms with Crippen LogP contribution in [0.5, 0.6) is 0 Å². The van der Waals surface area contributed by atoms with Gasteiger partial charge in [-0.1, -0.05) is 18.2 Å². The number of aromatic nitrogens is 2. The highest BCUT2D eigenvalue weighted by Gasteiger charge is 2.08. The van der Waals surface area contributed by atoms with E-state index in [9.17, 15) is 0 Å². The summed E-state index contributed by atoms with van der Waals surface area (Å²) in [4.78, 5) is 0. The van der Waals surface area contributed by atoms with Crippen LogP contribution in [0.25, 0.3) is 10.9 Å². The van der Waals surface area contributed by atoms with Gasteiger partial charge in [-0.15, -0.1) is 0 Å². The zero-order valence-corrected chi connectivity index (χ0v) is 10.8. The van der Waals surface area contributed by atoms with Crippen molar-refractivity contribution in [3.05, 3.63) is 28.9 Å². The Bertz CT molecular complexity index is 484. The van der Waals surface area contributed by atoms with Gasteiger partial charge in [-0.3, -0.25) is 0 Å². The van der Waals surface area contributed by atoms with Gasteiger partial charge in [0.2, 0.25) is 0 Å². The summed E-state index contributed by atoms with van der Waals surface area (Å²) in [5.41, 5.74) is 1.04. The average molecular weight is 285 g/mol. The Morgan fingerprint density at radius 2 is 2.19 bits per heavy atom. The maximum atomic E-state index is 5.46. The van der Waals surface area contributed by atoms with Gasteiger partial charge in [0.05, 0.1) is 5.52 Å². The van der Waals surface area contributed by atoms with Crippen LogP contribution in [0.2, 0.25) is 0 Å². The third-order valence-corrected chi connectivity index (χ3v) is 2.96. The van der Waals surface area contributed by atoms with Crippen LogP contribution in [0, 0.1) is 0 Å². The first kappa shape index (κ1) is 11.6. The minimum Gasteiger partial charge on any atom is -0.356 e. The van der Waals surface area contributed by atoms with Gasteiger partial charge in [0, 0.05) is 12.5 Å². The van der Waals surface area contributed by atoms with Crippen molar-refractivity contribution in [2.45, 2.75) is 19.9 Å². The molecule has 0 aliphatic heterocycles. The minimum absolute atomic E-state index is 0.235. The molecule has 1 unspecified atom stereocenters. The molecule has 1 atom stereocenters. The molecule has 86 valence electrons. The summed E-state index contributed by atoms with van der Waals surface area (Å²) in [5, 5.41) is 5.43. The summed E-state index contributed by atoms with van der Waals surface area (Å²) in [6.45, 7) is 2.22. The second-order valence-electron chi connectivity index (χ2n) is 3.41. The highest BCUT2D eigenvalue weighted by atomic mass is 79.9. The van der Waals surface area contributed by atoms with Crippen molar-refractivity contribution in [2.24, 2.45) is 0 Å². The van der Waals surface area contributed by atoms with E-state index in [0.29, 0.717) is 6.73 Å². The first-order valence-electron chi connectivity index (χ1n) is 4.98.